The van der Waals surface area contributed by atoms with Crippen molar-refractivity contribution < 1.29 is 14.3 Å². The van der Waals surface area contributed by atoms with Gasteiger partial charge in [0.1, 0.15) is 18.0 Å². The van der Waals surface area contributed by atoms with Crippen LogP contribution in [-0.2, 0) is 4.79 Å². The van der Waals surface area contributed by atoms with E-state index in [2.05, 4.69) is 5.32 Å². The summed E-state index contributed by atoms with van der Waals surface area (Å²) >= 11 is 6.01. The van der Waals surface area contributed by atoms with E-state index in [9.17, 15) is 9.59 Å². The third kappa shape index (κ3) is 4.72. The number of amides is 3. The van der Waals surface area contributed by atoms with Gasteiger partial charge < -0.3 is 15.0 Å². The average Bonchev–Trinajstić information content (AvgIpc) is 3.10. The molecule has 0 aromatic heterocycles. The fraction of sp³-hybridized carbons (Fsp3) is 0.130. The van der Waals surface area contributed by atoms with Crippen LogP contribution in [0, 0.1) is 0 Å². The van der Waals surface area contributed by atoms with Crippen molar-refractivity contribution in [2.45, 2.75) is 0 Å². The van der Waals surface area contributed by atoms with Gasteiger partial charge >= 0.3 is 6.03 Å². The van der Waals surface area contributed by atoms with Crippen LogP contribution in [0.15, 0.2) is 78.9 Å². The minimum atomic E-state index is -0.256. The van der Waals surface area contributed by atoms with Crippen molar-refractivity contribution in [1.29, 1.82) is 0 Å². The van der Waals surface area contributed by atoms with Crippen LogP contribution in [0.3, 0.4) is 0 Å². The van der Waals surface area contributed by atoms with E-state index in [1.165, 1.54) is 4.90 Å². The van der Waals surface area contributed by atoms with Crippen molar-refractivity contribution in [1.82, 2.24) is 4.90 Å². The zero-order valence-corrected chi connectivity index (χ0v) is 16.9. The topological polar surface area (TPSA) is 61.9 Å². The molecule has 0 atom stereocenters. The van der Waals surface area contributed by atoms with Gasteiger partial charge in [-0.2, -0.15) is 0 Å². The lowest BCUT2D eigenvalue weighted by Gasteiger charge is -2.18. The van der Waals surface area contributed by atoms with Gasteiger partial charge in [-0.3, -0.25) is 9.69 Å². The maximum absolute atomic E-state index is 12.6. The first kappa shape index (κ1) is 19.8. The number of nitrogens with one attached hydrogen (secondary N) is 1. The van der Waals surface area contributed by atoms with Crippen molar-refractivity contribution in [2.75, 3.05) is 29.9 Å². The zero-order valence-electron chi connectivity index (χ0n) is 16.1. The number of carbonyl (C=O) groups excluding carboxylic acids is 2. The number of ether oxygens (including phenoxy) is 1. The van der Waals surface area contributed by atoms with Gasteiger partial charge in [0, 0.05) is 29.5 Å². The SMILES string of the molecule is O=C(CN1CCN(c2cccc(Cl)c2)C1=O)Nc1ccc(Oc2ccccc2)cc1. The lowest BCUT2D eigenvalue weighted by Crippen LogP contribution is -2.37. The normalized spacial score (nSPS) is 13.4. The van der Waals surface area contributed by atoms with Crippen molar-refractivity contribution in [3.8, 4) is 11.5 Å². The highest BCUT2D eigenvalue weighted by Gasteiger charge is 2.30. The summed E-state index contributed by atoms with van der Waals surface area (Å²) < 4.78 is 5.74. The minimum Gasteiger partial charge on any atom is -0.457 e. The van der Waals surface area contributed by atoms with Crippen LogP contribution < -0.4 is 15.0 Å². The third-order valence-corrected chi connectivity index (χ3v) is 4.90. The molecule has 6 nitrogen and oxygen atoms in total. The molecule has 0 saturated carbocycles. The molecule has 30 heavy (non-hydrogen) atoms. The third-order valence-electron chi connectivity index (χ3n) is 4.67. The van der Waals surface area contributed by atoms with Crippen LogP contribution >= 0.6 is 11.6 Å². The fourth-order valence-electron chi connectivity index (χ4n) is 3.22. The highest BCUT2D eigenvalue weighted by atomic mass is 35.5. The molecule has 3 aromatic rings. The Labute approximate surface area is 179 Å². The number of benzene rings is 3. The Balaban J connectivity index is 1.32. The Hall–Kier alpha value is -3.51. The first-order valence-corrected chi connectivity index (χ1v) is 9.91. The number of urea groups is 1. The number of nitrogens with zero attached hydrogens (tertiary/aromatic N) is 2. The maximum atomic E-state index is 12.6. The molecule has 0 radical (unpaired) electrons. The Kier molecular flexibility index (Phi) is 5.86. The van der Waals surface area contributed by atoms with Crippen LogP contribution in [0.25, 0.3) is 0 Å². The van der Waals surface area contributed by atoms with Gasteiger partial charge in [-0.15, -0.1) is 0 Å². The van der Waals surface area contributed by atoms with E-state index in [0.29, 0.717) is 29.5 Å². The Bertz CT molecular complexity index is 1040. The fourth-order valence-corrected chi connectivity index (χ4v) is 3.40. The van der Waals surface area contributed by atoms with E-state index in [-0.39, 0.29) is 18.5 Å². The standard InChI is InChI=1S/C23H20ClN3O3/c24-17-5-4-6-19(15-17)27-14-13-26(23(27)29)16-22(28)25-18-9-11-21(12-10-18)30-20-7-2-1-3-8-20/h1-12,15H,13-14,16H2,(H,25,28). The summed E-state index contributed by atoms with van der Waals surface area (Å²) in [5.74, 6) is 1.16. The average molecular weight is 422 g/mol. The Morgan fingerprint density at radius 1 is 0.933 bits per heavy atom. The van der Waals surface area contributed by atoms with Crippen molar-refractivity contribution in [2.24, 2.45) is 0 Å². The number of anilines is 2. The van der Waals surface area contributed by atoms with E-state index < -0.39 is 0 Å². The van der Waals surface area contributed by atoms with Crippen LogP contribution in [0.2, 0.25) is 5.02 Å². The molecule has 0 spiro atoms. The van der Waals surface area contributed by atoms with Gasteiger partial charge in [0.15, 0.2) is 0 Å². The summed E-state index contributed by atoms with van der Waals surface area (Å²) in [6.45, 7) is 0.971. The molecule has 0 unspecified atom stereocenters. The molecule has 152 valence electrons. The number of carbonyl (C=O) groups is 2. The quantitative estimate of drug-likeness (QED) is 0.608. The molecule has 3 amide bonds. The molecule has 7 heteroatoms. The van der Waals surface area contributed by atoms with Crippen LogP contribution in [0.1, 0.15) is 0 Å². The molecule has 1 fully saturated rings. The molecule has 4 rings (SSSR count). The van der Waals surface area contributed by atoms with Gasteiger partial charge in [0.2, 0.25) is 5.91 Å². The van der Waals surface area contributed by atoms with E-state index in [1.807, 2.05) is 36.4 Å². The molecule has 1 aliphatic rings. The first-order chi connectivity index (χ1) is 14.6. The van der Waals surface area contributed by atoms with E-state index in [0.717, 1.165) is 11.4 Å². The zero-order chi connectivity index (χ0) is 20.9. The van der Waals surface area contributed by atoms with Crippen molar-refractivity contribution >= 4 is 34.9 Å². The van der Waals surface area contributed by atoms with Gasteiger partial charge in [-0.05, 0) is 54.6 Å². The minimum absolute atomic E-state index is 0.0157. The molecule has 1 aliphatic heterocycles. The molecular weight excluding hydrogens is 402 g/mol. The Morgan fingerprint density at radius 2 is 1.67 bits per heavy atom. The monoisotopic (exact) mass is 421 g/mol. The van der Waals surface area contributed by atoms with Crippen molar-refractivity contribution in [3.05, 3.63) is 83.9 Å². The summed E-state index contributed by atoms with van der Waals surface area (Å²) in [5, 5.41) is 3.38. The maximum Gasteiger partial charge on any atom is 0.325 e. The molecule has 1 heterocycles. The number of hydrogen-bond donors (Lipinski definition) is 1. The molecule has 0 aliphatic carbocycles. The number of para-hydroxylation sites is 1. The second-order valence-corrected chi connectivity index (χ2v) is 7.26. The number of halogens is 1. The predicted molar refractivity (Wildman–Crippen MR) is 117 cm³/mol. The molecular formula is C23H20ClN3O3. The predicted octanol–water partition coefficient (Wildman–Crippen LogP) is 5.01. The second kappa shape index (κ2) is 8.88. The molecule has 1 N–H and O–H groups in total. The summed E-state index contributed by atoms with van der Waals surface area (Å²) in [6, 6.07) is 23.5. The highest BCUT2D eigenvalue weighted by Crippen LogP contribution is 2.24. The first-order valence-electron chi connectivity index (χ1n) is 9.53. The molecule has 1 saturated heterocycles. The summed E-state index contributed by atoms with van der Waals surface area (Å²) in [6.07, 6.45) is 0. The van der Waals surface area contributed by atoms with Crippen LogP contribution in [0.4, 0.5) is 16.2 Å². The summed E-state index contributed by atoms with van der Waals surface area (Å²) in [7, 11) is 0. The van der Waals surface area contributed by atoms with Gasteiger partial charge in [-0.25, -0.2) is 4.79 Å². The van der Waals surface area contributed by atoms with E-state index in [1.54, 1.807) is 47.4 Å². The van der Waals surface area contributed by atoms with Gasteiger partial charge in [0.05, 0.1) is 0 Å². The Morgan fingerprint density at radius 3 is 2.40 bits per heavy atom. The highest BCUT2D eigenvalue weighted by molar-refractivity contribution is 6.30. The number of rotatable bonds is 6. The van der Waals surface area contributed by atoms with Gasteiger partial charge in [0.25, 0.3) is 0 Å². The lowest BCUT2D eigenvalue weighted by molar-refractivity contribution is -0.116. The smallest absolute Gasteiger partial charge is 0.325 e. The van der Waals surface area contributed by atoms with Crippen LogP contribution in [-0.4, -0.2) is 36.5 Å². The van der Waals surface area contributed by atoms with E-state index >= 15 is 0 Å². The lowest BCUT2D eigenvalue weighted by atomic mass is 10.3. The van der Waals surface area contributed by atoms with Crippen molar-refractivity contribution in [3.63, 3.8) is 0 Å². The largest absolute Gasteiger partial charge is 0.457 e. The second-order valence-electron chi connectivity index (χ2n) is 6.82. The number of hydrogen-bond acceptors (Lipinski definition) is 3. The van der Waals surface area contributed by atoms with Crippen LogP contribution in [0.5, 0.6) is 11.5 Å². The van der Waals surface area contributed by atoms with E-state index in [4.69, 9.17) is 16.3 Å². The summed E-state index contributed by atoms with van der Waals surface area (Å²) in [4.78, 5) is 28.2. The summed E-state index contributed by atoms with van der Waals surface area (Å²) in [5.41, 5.74) is 1.36. The molecule has 0 bridgehead atoms. The molecule has 3 aromatic carbocycles. The van der Waals surface area contributed by atoms with Gasteiger partial charge in [-0.1, -0.05) is 35.9 Å².